The molecule has 0 fully saturated rings. The fourth-order valence-corrected chi connectivity index (χ4v) is 9.46. The van der Waals surface area contributed by atoms with Crippen molar-refractivity contribution in [1.29, 1.82) is 0 Å². The number of hydrogen-bond acceptors (Lipinski definition) is 2. The van der Waals surface area contributed by atoms with Gasteiger partial charge in [-0.25, -0.2) is 0 Å². The Kier molecular flexibility index (Phi) is 7.89. The van der Waals surface area contributed by atoms with Gasteiger partial charge in [-0.2, -0.15) is 0 Å². The van der Waals surface area contributed by atoms with E-state index in [9.17, 15) is 0 Å². The van der Waals surface area contributed by atoms with Crippen molar-refractivity contribution in [2.24, 2.45) is 0 Å². The Morgan fingerprint density at radius 1 is 0.267 bits per heavy atom. The third kappa shape index (κ3) is 5.57. The van der Waals surface area contributed by atoms with Crippen molar-refractivity contribution in [2.75, 3.05) is 4.90 Å². The zero-order valence-corrected chi connectivity index (χ0v) is 32.7. The second-order valence-electron chi connectivity index (χ2n) is 15.7. The minimum absolute atomic E-state index is 0.913. The molecule has 0 unspecified atom stereocenters. The van der Waals surface area contributed by atoms with Crippen LogP contribution in [0.15, 0.2) is 229 Å². The number of para-hydroxylation sites is 1. The van der Waals surface area contributed by atoms with Gasteiger partial charge in [-0.15, -0.1) is 0 Å². The molecule has 2 nitrogen and oxygen atoms in total. The highest BCUT2D eigenvalue weighted by atomic mass is 16.3. The maximum atomic E-state index is 6.41. The summed E-state index contributed by atoms with van der Waals surface area (Å²) in [5.74, 6) is 0. The van der Waals surface area contributed by atoms with E-state index < -0.39 is 0 Å². The number of hydrogen-bond donors (Lipinski definition) is 0. The van der Waals surface area contributed by atoms with Crippen LogP contribution in [0.3, 0.4) is 0 Å². The van der Waals surface area contributed by atoms with Crippen molar-refractivity contribution in [3.05, 3.63) is 224 Å². The fraction of sp³-hybridized carbons (Fsp3) is 0. The summed E-state index contributed by atoms with van der Waals surface area (Å²) >= 11 is 0. The highest BCUT2D eigenvalue weighted by Crippen LogP contribution is 2.46. The Bertz CT molecular complexity index is 3510. The first-order valence-electron chi connectivity index (χ1n) is 20.6. The zero-order chi connectivity index (χ0) is 39.6. The van der Waals surface area contributed by atoms with Crippen LogP contribution in [0.1, 0.15) is 0 Å². The predicted molar refractivity (Wildman–Crippen MR) is 255 cm³/mol. The fourth-order valence-electron chi connectivity index (χ4n) is 9.46. The minimum Gasteiger partial charge on any atom is -0.456 e. The van der Waals surface area contributed by atoms with E-state index in [0.29, 0.717) is 0 Å². The molecule has 0 saturated carbocycles. The summed E-state index contributed by atoms with van der Waals surface area (Å²) < 4.78 is 6.41. The summed E-state index contributed by atoms with van der Waals surface area (Å²) in [6, 6.07) is 81.4. The quantitative estimate of drug-likeness (QED) is 0.157. The van der Waals surface area contributed by atoms with Crippen LogP contribution in [0.2, 0.25) is 0 Å². The lowest BCUT2D eigenvalue weighted by atomic mass is 9.88. The van der Waals surface area contributed by atoms with Crippen molar-refractivity contribution >= 4 is 82.1 Å². The highest BCUT2D eigenvalue weighted by molar-refractivity contribution is 6.36. The number of anilines is 3. The lowest BCUT2D eigenvalue weighted by molar-refractivity contribution is 0.669. The smallest absolute Gasteiger partial charge is 0.136 e. The van der Waals surface area contributed by atoms with Crippen molar-refractivity contribution in [3.63, 3.8) is 0 Å². The van der Waals surface area contributed by atoms with Gasteiger partial charge in [0.1, 0.15) is 11.2 Å². The average molecular weight is 764 g/mol. The number of benzene rings is 11. The lowest BCUT2D eigenvalue weighted by Gasteiger charge is -2.28. The molecular weight excluding hydrogens is 727 g/mol. The molecule has 1 aromatic heterocycles. The lowest BCUT2D eigenvalue weighted by Crippen LogP contribution is -2.10. The molecule has 12 rings (SSSR count). The first kappa shape index (κ1) is 34.1. The molecule has 0 aliphatic carbocycles. The molecule has 0 radical (unpaired) electrons. The van der Waals surface area contributed by atoms with Gasteiger partial charge in [0.05, 0.1) is 0 Å². The van der Waals surface area contributed by atoms with Crippen LogP contribution < -0.4 is 4.90 Å². The number of fused-ring (bicyclic) bond motifs is 11. The van der Waals surface area contributed by atoms with Crippen LogP contribution in [0, 0.1) is 0 Å². The van der Waals surface area contributed by atoms with Crippen molar-refractivity contribution < 1.29 is 4.42 Å². The first-order valence-corrected chi connectivity index (χ1v) is 20.6. The molecule has 280 valence electrons. The van der Waals surface area contributed by atoms with Crippen molar-refractivity contribution in [2.45, 2.75) is 0 Å². The normalized spacial score (nSPS) is 11.7. The third-order valence-electron chi connectivity index (χ3n) is 12.2. The van der Waals surface area contributed by atoms with Gasteiger partial charge in [0.25, 0.3) is 0 Å². The average Bonchev–Trinajstić information content (AvgIpc) is 3.71. The van der Waals surface area contributed by atoms with Gasteiger partial charge in [-0.1, -0.05) is 164 Å². The second kappa shape index (κ2) is 13.9. The Balaban J connectivity index is 1.11. The Morgan fingerprint density at radius 2 is 0.817 bits per heavy atom. The highest BCUT2D eigenvalue weighted by Gasteiger charge is 2.20. The van der Waals surface area contributed by atoms with E-state index in [2.05, 4.69) is 223 Å². The topological polar surface area (TPSA) is 16.4 Å². The minimum atomic E-state index is 0.913. The van der Waals surface area contributed by atoms with Gasteiger partial charge < -0.3 is 9.32 Å². The van der Waals surface area contributed by atoms with Gasteiger partial charge in [-0.05, 0) is 132 Å². The molecule has 0 spiro atoms. The number of rotatable bonds is 6. The van der Waals surface area contributed by atoms with E-state index in [1.807, 2.05) is 6.07 Å². The molecule has 0 aliphatic rings. The van der Waals surface area contributed by atoms with Gasteiger partial charge in [0.15, 0.2) is 0 Å². The summed E-state index contributed by atoms with van der Waals surface area (Å²) in [6.07, 6.45) is 0. The zero-order valence-electron chi connectivity index (χ0n) is 32.7. The van der Waals surface area contributed by atoms with Crippen LogP contribution in [-0.2, 0) is 0 Å². The Morgan fingerprint density at radius 3 is 1.57 bits per heavy atom. The van der Waals surface area contributed by atoms with Gasteiger partial charge in [-0.3, -0.25) is 0 Å². The van der Waals surface area contributed by atoms with E-state index in [4.69, 9.17) is 4.42 Å². The molecule has 60 heavy (non-hydrogen) atoms. The SMILES string of the molecule is c1ccc(-c2cc(-c3ccccc3)cc(N(c3cccc(-c4cccc5c6ccc7oc8ccccc8c7c6c6ccccc6c45)c3)c3ccc4ccccc4c3)c2)cc1. The number of furan rings is 1. The van der Waals surface area contributed by atoms with Crippen LogP contribution in [-0.4, -0.2) is 0 Å². The molecule has 0 N–H and O–H groups in total. The van der Waals surface area contributed by atoms with E-state index in [-0.39, 0.29) is 0 Å². The van der Waals surface area contributed by atoms with E-state index in [1.54, 1.807) is 0 Å². The largest absolute Gasteiger partial charge is 0.456 e. The Hall–Kier alpha value is -7.94. The monoisotopic (exact) mass is 763 g/mol. The van der Waals surface area contributed by atoms with E-state index in [0.717, 1.165) is 39.2 Å². The van der Waals surface area contributed by atoms with E-state index in [1.165, 1.54) is 76.3 Å². The summed E-state index contributed by atoms with van der Waals surface area (Å²) in [5.41, 5.74) is 12.2. The van der Waals surface area contributed by atoms with E-state index >= 15 is 0 Å². The van der Waals surface area contributed by atoms with Crippen LogP contribution >= 0.6 is 0 Å². The maximum Gasteiger partial charge on any atom is 0.136 e. The Labute approximate surface area is 347 Å². The summed E-state index contributed by atoms with van der Waals surface area (Å²) in [5, 5.41) is 12.1. The van der Waals surface area contributed by atoms with Crippen LogP contribution in [0.4, 0.5) is 17.1 Å². The molecule has 0 atom stereocenters. The summed E-state index contributed by atoms with van der Waals surface area (Å²) in [4.78, 5) is 2.42. The van der Waals surface area contributed by atoms with Gasteiger partial charge in [0.2, 0.25) is 0 Å². The molecule has 1 heterocycles. The van der Waals surface area contributed by atoms with Gasteiger partial charge in [0, 0.05) is 33.2 Å². The summed E-state index contributed by atoms with van der Waals surface area (Å²) in [6.45, 7) is 0. The molecule has 0 saturated heterocycles. The van der Waals surface area contributed by atoms with Crippen LogP contribution in [0.5, 0.6) is 0 Å². The first-order chi connectivity index (χ1) is 29.7. The molecule has 12 aromatic rings. The molecule has 0 aliphatic heterocycles. The molecule has 0 amide bonds. The van der Waals surface area contributed by atoms with Gasteiger partial charge >= 0.3 is 0 Å². The van der Waals surface area contributed by atoms with Crippen molar-refractivity contribution in [3.8, 4) is 33.4 Å². The maximum absolute atomic E-state index is 6.41. The molecular formula is C58H37NO. The van der Waals surface area contributed by atoms with Crippen LogP contribution in [0.25, 0.3) is 98.4 Å². The molecule has 2 heteroatoms. The standard InChI is InChI=1S/C58H37NO/c1-3-15-38(16-4-1)43-33-44(39-17-5-2-6-18-39)37-47(36-43)59(46-30-29-40-19-7-8-20-41(40)34-46)45-22-13-21-42(35-45)48-26-14-27-50-52-31-32-55-58(53-25-11-12-28-54(53)60-55)57(52)51-24-10-9-23-49(51)56(48)50/h1-37H. The molecule has 11 aromatic carbocycles. The second-order valence-corrected chi connectivity index (χ2v) is 15.7. The predicted octanol–water partition coefficient (Wildman–Crippen LogP) is 16.7. The molecule has 0 bridgehead atoms. The van der Waals surface area contributed by atoms with Crippen molar-refractivity contribution in [1.82, 2.24) is 0 Å². The third-order valence-corrected chi connectivity index (χ3v) is 12.2. The number of nitrogens with zero attached hydrogens (tertiary/aromatic N) is 1. The summed E-state index contributed by atoms with van der Waals surface area (Å²) in [7, 11) is 0.